The van der Waals surface area contributed by atoms with Crippen molar-refractivity contribution in [2.24, 2.45) is 0 Å². The van der Waals surface area contributed by atoms with Crippen LogP contribution in [0.5, 0.6) is 0 Å². The van der Waals surface area contributed by atoms with E-state index in [0.717, 1.165) is 65.4 Å². The highest BCUT2D eigenvalue weighted by Crippen LogP contribution is 2.37. The van der Waals surface area contributed by atoms with Crippen molar-refractivity contribution in [1.82, 2.24) is 10.3 Å². The number of para-hydroxylation sites is 1. The molecule has 33 heavy (non-hydrogen) atoms. The van der Waals surface area contributed by atoms with Gasteiger partial charge in [-0.15, -0.1) is 0 Å². The van der Waals surface area contributed by atoms with Crippen LogP contribution >= 0.6 is 11.6 Å². The summed E-state index contributed by atoms with van der Waals surface area (Å²) >= 11 is 6.02. The van der Waals surface area contributed by atoms with Crippen molar-refractivity contribution in [3.63, 3.8) is 0 Å². The number of pyridine rings is 1. The summed E-state index contributed by atoms with van der Waals surface area (Å²) in [5, 5.41) is 4.41. The number of fused-ring (bicyclic) bond motifs is 2. The van der Waals surface area contributed by atoms with Gasteiger partial charge >= 0.3 is 5.97 Å². The molecular formula is C27H25ClN2O3. The number of amides is 1. The van der Waals surface area contributed by atoms with Crippen LogP contribution in [0.2, 0.25) is 5.02 Å². The SMILES string of the molecule is O=C(COC(=O)c1c2c(nc3ccccc13)/C(=C/c1ccc(Cl)cc1)CC2)NC1CCCC1. The first-order valence-electron chi connectivity index (χ1n) is 11.4. The number of allylic oxidation sites excluding steroid dienone is 1. The van der Waals surface area contributed by atoms with E-state index in [1.165, 1.54) is 0 Å². The molecule has 3 aromatic rings. The summed E-state index contributed by atoms with van der Waals surface area (Å²) in [6.07, 6.45) is 7.82. The van der Waals surface area contributed by atoms with Gasteiger partial charge < -0.3 is 10.1 Å². The summed E-state index contributed by atoms with van der Waals surface area (Å²) in [4.78, 5) is 30.4. The maximum atomic E-state index is 13.2. The Morgan fingerprint density at radius 2 is 1.82 bits per heavy atom. The number of nitrogens with zero attached hydrogens (tertiary/aromatic N) is 1. The van der Waals surface area contributed by atoms with E-state index < -0.39 is 5.97 Å². The van der Waals surface area contributed by atoms with Crippen LogP contribution in [0.1, 0.15) is 59.3 Å². The molecule has 2 aromatic carbocycles. The number of carbonyl (C=O) groups excluding carboxylic acids is 2. The Kier molecular flexibility index (Phi) is 6.14. The molecule has 0 saturated heterocycles. The van der Waals surface area contributed by atoms with Gasteiger partial charge in [0.25, 0.3) is 5.91 Å². The highest BCUT2D eigenvalue weighted by molar-refractivity contribution is 6.30. The molecule has 0 radical (unpaired) electrons. The van der Waals surface area contributed by atoms with Gasteiger partial charge in [0.15, 0.2) is 6.61 Å². The van der Waals surface area contributed by atoms with Crippen molar-refractivity contribution in [2.75, 3.05) is 6.61 Å². The number of hydrogen-bond donors (Lipinski definition) is 1. The molecule has 0 atom stereocenters. The van der Waals surface area contributed by atoms with E-state index in [2.05, 4.69) is 11.4 Å². The zero-order valence-electron chi connectivity index (χ0n) is 18.3. The molecule has 0 bridgehead atoms. The third-order valence-corrected chi connectivity index (χ3v) is 6.66. The zero-order chi connectivity index (χ0) is 22.8. The second kappa shape index (κ2) is 9.36. The molecule has 0 unspecified atom stereocenters. The summed E-state index contributed by atoms with van der Waals surface area (Å²) in [5.41, 5.74) is 5.07. The Morgan fingerprint density at radius 3 is 2.61 bits per heavy atom. The third kappa shape index (κ3) is 4.64. The lowest BCUT2D eigenvalue weighted by Gasteiger charge is -2.14. The lowest BCUT2D eigenvalue weighted by molar-refractivity contribution is -0.124. The van der Waals surface area contributed by atoms with Crippen LogP contribution in [0.25, 0.3) is 22.6 Å². The van der Waals surface area contributed by atoms with Crippen LogP contribution < -0.4 is 5.32 Å². The monoisotopic (exact) mass is 460 g/mol. The Bertz CT molecular complexity index is 1240. The minimum Gasteiger partial charge on any atom is -0.452 e. The minimum atomic E-state index is -0.473. The summed E-state index contributed by atoms with van der Waals surface area (Å²) in [5.74, 6) is -0.715. The van der Waals surface area contributed by atoms with E-state index in [1.54, 1.807) is 0 Å². The van der Waals surface area contributed by atoms with Crippen molar-refractivity contribution in [3.8, 4) is 0 Å². The Labute approximate surface area is 197 Å². The number of nitrogens with one attached hydrogen (secondary N) is 1. The number of rotatable bonds is 5. The number of benzene rings is 2. The third-order valence-electron chi connectivity index (χ3n) is 6.41. The fraction of sp³-hybridized carbons (Fsp3) is 0.296. The minimum absolute atomic E-state index is 0.197. The van der Waals surface area contributed by atoms with Crippen molar-refractivity contribution in [3.05, 3.63) is 75.9 Å². The molecule has 0 aliphatic heterocycles. The first-order valence-corrected chi connectivity index (χ1v) is 11.8. The number of ether oxygens (including phenoxy) is 1. The zero-order valence-corrected chi connectivity index (χ0v) is 19.0. The molecule has 6 heteroatoms. The number of aromatic nitrogens is 1. The average molecular weight is 461 g/mol. The lowest BCUT2D eigenvalue weighted by Crippen LogP contribution is -2.36. The van der Waals surface area contributed by atoms with Crippen LogP contribution in [0.15, 0.2) is 48.5 Å². The predicted molar refractivity (Wildman–Crippen MR) is 130 cm³/mol. The molecule has 1 aromatic heterocycles. The number of carbonyl (C=O) groups is 2. The van der Waals surface area contributed by atoms with Gasteiger partial charge in [-0.3, -0.25) is 4.79 Å². The van der Waals surface area contributed by atoms with Crippen LogP contribution in [0, 0.1) is 0 Å². The average Bonchev–Trinajstić information content (AvgIpc) is 3.47. The Balaban J connectivity index is 1.44. The molecule has 2 aliphatic carbocycles. The second-order valence-corrected chi connectivity index (χ2v) is 9.11. The molecule has 1 heterocycles. The van der Waals surface area contributed by atoms with Gasteiger partial charge in [0.1, 0.15) is 0 Å². The second-order valence-electron chi connectivity index (χ2n) is 8.68. The maximum Gasteiger partial charge on any atom is 0.339 e. The molecule has 2 aliphatic rings. The lowest BCUT2D eigenvalue weighted by atomic mass is 10.0. The molecule has 5 rings (SSSR count). The van der Waals surface area contributed by atoms with Crippen molar-refractivity contribution < 1.29 is 14.3 Å². The van der Waals surface area contributed by atoms with Crippen molar-refractivity contribution in [1.29, 1.82) is 0 Å². The summed E-state index contributed by atoms with van der Waals surface area (Å²) in [6.45, 7) is -0.270. The predicted octanol–water partition coefficient (Wildman–Crippen LogP) is 5.59. The number of hydrogen-bond acceptors (Lipinski definition) is 4. The standard InChI is InChI=1S/C27H25ClN2O3/c28-19-12-9-17(10-13-19)15-18-11-14-22-25(21-7-3-4-8-23(21)30-26(18)22)27(32)33-16-24(31)29-20-5-1-2-6-20/h3-4,7-10,12-13,15,20H,1-2,5-6,11,14,16H2,(H,29,31)/b18-15+. The summed E-state index contributed by atoms with van der Waals surface area (Å²) in [7, 11) is 0. The largest absolute Gasteiger partial charge is 0.452 e. The smallest absolute Gasteiger partial charge is 0.339 e. The molecule has 1 saturated carbocycles. The first-order chi connectivity index (χ1) is 16.1. The highest BCUT2D eigenvalue weighted by Gasteiger charge is 2.28. The van der Waals surface area contributed by atoms with Crippen LogP contribution in [-0.2, 0) is 16.0 Å². The van der Waals surface area contributed by atoms with Gasteiger partial charge in [-0.05, 0) is 66.7 Å². The Morgan fingerprint density at radius 1 is 1.06 bits per heavy atom. The van der Waals surface area contributed by atoms with E-state index in [1.807, 2.05) is 48.5 Å². The summed E-state index contributed by atoms with van der Waals surface area (Å²) < 4.78 is 5.49. The topological polar surface area (TPSA) is 68.3 Å². The van der Waals surface area contributed by atoms with E-state index in [0.29, 0.717) is 17.0 Å². The quantitative estimate of drug-likeness (QED) is 0.504. The van der Waals surface area contributed by atoms with E-state index >= 15 is 0 Å². The molecule has 1 N–H and O–H groups in total. The highest BCUT2D eigenvalue weighted by atomic mass is 35.5. The number of esters is 1. The molecule has 0 spiro atoms. The van der Waals surface area contributed by atoms with Gasteiger partial charge in [-0.25, -0.2) is 9.78 Å². The van der Waals surface area contributed by atoms with Gasteiger partial charge in [-0.2, -0.15) is 0 Å². The maximum absolute atomic E-state index is 13.2. The van der Waals surface area contributed by atoms with Crippen molar-refractivity contribution in [2.45, 2.75) is 44.6 Å². The van der Waals surface area contributed by atoms with Gasteiger partial charge in [-0.1, -0.05) is 54.8 Å². The molecule has 1 fully saturated rings. The fourth-order valence-electron chi connectivity index (χ4n) is 4.82. The molecular weight excluding hydrogens is 436 g/mol. The van der Waals surface area contributed by atoms with Gasteiger partial charge in [0.2, 0.25) is 0 Å². The van der Waals surface area contributed by atoms with E-state index in [4.69, 9.17) is 21.3 Å². The van der Waals surface area contributed by atoms with Crippen LogP contribution in [-0.4, -0.2) is 29.5 Å². The number of halogens is 1. The first kappa shape index (κ1) is 21.7. The fourth-order valence-corrected chi connectivity index (χ4v) is 4.94. The Hall–Kier alpha value is -3.18. The normalized spacial score (nSPS) is 16.8. The molecule has 168 valence electrons. The van der Waals surface area contributed by atoms with Crippen molar-refractivity contribution >= 4 is 46.0 Å². The van der Waals surface area contributed by atoms with E-state index in [9.17, 15) is 9.59 Å². The molecule has 1 amide bonds. The van der Waals surface area contributed by atoms with E-state index in [-0.39, 0.29) is 18.6 Å². The van der Waals surface area contributed by atoms with Gasteiger partial charge in [0.05, 0.1) is 16.8 Å². The van der Waals surface area contributed by atoms with Gasteiger partial charge in [0, 0.05) is 16.5 Å². The van der Waals surface area contributed by atoms with Crippen LogP contribution in [0.3, 0.4) is 0 Å². The summed E-state index contributed by atoms with van der Waals surface area (Å²) in [6, 6.07) is 15.4. The van der Waals surface area contributed by atoms with Crippen LogP contribution in [0.4, 0.5) is 0 Å². The molecule has 5 nitrogen and oxygen atoms in total.